The lowest BCUT2D eigenvalue weighted by Gasteiger charge is -2.11. The molecule has 17 heavy (non-hydrogen) atoms. The predicted octanol–water partition coefficient (Wildman–Crippen LogP) is 0.327. The molecule has 1 heterocycles. The van der Waals surface area contributed by atoms with Gasteiger partial charge in [0, 0.05) is 4.88 Å². The van der Waals surface area contributed by atoms with Crippen LogP contribution in [0.4, 0.5) is 9.93 Å². The number of nitrogens with one attached hydrogen (secondary N) is 2. The molecule has 0 spiro atoms. The molecule has 94 valence electrons. The van der Waals surface area contributed by atoms with Gasteiger partial charge in [0.15, 0.2) is 11.2 Å². The molecule has 1 aromatic rings. The third-order valence-corrected chi connectivity index (χ3v) is 3.02. The Bertz CT molecular complexity index is 412. The second-order valence-corrected chi connectivity index (χ2v) is 4.54. The second kappa shape index (κ2) is 5.60. The highest BCUT2D eigenvalue weighted by atomic mass is 32.1. The van der Waals surface area contributed by atoms with E-state index in [1.807, 2.05) is 13.8 Å². The van der Waals surface area contributed by atoms with Crippen LogP contribution < -0.4 is 10.6 Å². The molecular formula is C9H13N3O4S. The molecule has 1 aromatic heterocycles. The molecule has 0 fully saturated rings. The summed E-state index contributed by atoms with van der Waals surface area (Å²) in [5.41, 5.74) is 0.808. The van der Waals surface area contributed by atoms with Gasteiger partial charge in [0.05, 0.1) is 12.3 Å². The third-order valence-electron chi connectivity index (χ3n) is 2.03. The van der Waals surface area contributed by atoms with Gasteiger partial charge in [0.1, 0.15) is 0 Å². The summed E-state index contributed by atoms with van der Waals surface area (Å²) in [6.45, 7) is 3.01. The molecule has 4 N–H and O–H groups in total. The largest absolute Gasteiger partial charge is 0.480 e. The minimum atomic E-state index is -1.32. The maximum absolute atomic E-state index is 11.4. The first-order valence-electron chi connectivity index (χ1n) is 4.79. The van der Waals surface area contributed by atoms with Crippen molar-refractivity contribution in [2.75, 3.05) is 11.9 Å². The van der Waals surface area contributed by atoms with Gasteiger partial charge < -0.3 is 15.5 Å². The average molecular weight is 259 g/mol. The number of hydrogen-bond acceptors (Lipinski definition) is 5. The minimum absolute atomic E-state index is 0.388. The zero-order valence-electron chi connectivity index (χ0n) is 9.35. The smallest absolute Gasteiger partial charge is 0.328 e. The summed E-state index contributed by atoms with van der Waals surface area (Å²) in [6, 6.07) is -2.03. The van der Waals surface area contributed by atoms with Crippen molar-refractivity contribution in [3.05, 3.63) is 10.6 Å². The van der Waals surface area contributed by atoms with Crippen molar-refractivity contribution in [2.45, 2.75) is 19.9 Å². The van der Waals surface area contributed by atoms with Gasteiger partial charge in [-0.1, -0.05) is 0 Å². The van der Waals surface area contributed by atoms with Crippen LogP contribution in [0, 0.1) is 13.8 Å². The number of aryl methyl sites for hydroxylation is 2. The number of aliphatic hydroxyl groups is 1. The Morgan fingerprint density at radius 2 is 2.12 bits per heavy atom. The molecule has 7 nitrogen and oxygen atoms in total. The molecule has 0 aliphatic carbocycles. The first kappa shape index (κ1) is 13.4. The first-order valence-corrected chi connectivity index (χ1v) is 5.61. The molecule has 1 atom stereocenters. The van der Waals surface area contributed by atoms with Crippen LogP contribution in [0.1, 0.15) is 10.6 Å². The summed E-state index contributed by atoms with van der Waals surface area (Å²) >= 11 is 1.29. The predicted molar refractivity (Wildman–Crippen MR) is 62.3 cm³/mol. The van der Waals surface area contributed by atoms with Crippen molar-refractivity contribution >= 4 is 28.5 Å². The molecular weight excluding hydrogens is 246 g/mol. The Morgan fingerprint density at radius 3 is 2.53 bits per heavy atom. The Labute approximate surface area is 101 Å². The van der Waals surface area contributed by atoms with E-state index in [1.165, 1.54) is 11.3 Å². The van der Waals surface area contributed by atoms with E-state index >= 15 is 0 Å². The van der Waals surface area contributed by atoms with Gasteiger partial charge >= 0.3 is 12.0 Å². The summed E-state index contributed by atoms with van der Waals surface area (Å²) in [7, 11) is 0. The number of aliphatic carboxylic acids is 1. The number of nitrogens with zero attached hydrogens (tertiary/aromatic N) is 1. The molecule has 0 saturated carbocycles. The molecule has 0 aliphatic rings. The van der Waals surface area contributed by atoms with Crippen LogP contribution in [-0.4, -0.2) is 39.8 Å². The number of aromatic nitrogens is 1. The Hall–Kier alpha value is -1.67. The van der Waals surface area contributed by atoms with Crippen LogP contribution in [0.25, 0.3) is 0 Å². The van der Waals surface area contributed by atoms with Crippen LogP contribution in [-0.2, 0) is 4.79 Å². The molecule has 0 saturated heterocycles. The zero-order chi connectivity index (χ0) is 13.0. The van der Waals surface area contributed by atoms with Gasteiger partial charge in [-0.3, -0.25) is 5.32 Å². The van der Waals surface area contributed by atoms with Crippen molar-refractivity contribution in [3.63, 3.8) is 0 Å². The van der Waals surface area contributed by atoms with Gasteiger partial charge in [-0.05, 0) is 13.8 Å². The Morgan fingerprint density at radius 1 is 1.47 bits per heavy atom. The van der Waals surface area contributed by atoms with Crippen molar-refractivity contribution in [1.29, 1.82) is 0 Å². The first-order chi connectivity index (χ1) is 7.93. The summed E-state index contributed by atoms with van der Waals surface area (Å²) in [5, 5.41) is 22.2. The van der Waals surface area contributed by atoms with Crippen LogP contribution >= 0.6 is 11.3 Å². The quantitative estimate of drug-likeness (QED) is 0.622. The maximum Gasteiger partial charge on any atom is 0.328 e. The average Bonchev–Trinajstić information content (AvgIpc) is 2.54. The monoisotopic (exact) mass is 259 g/mol. The number of carbonyl (C=O) groups is 2. The van der Waals surface area contributed by atoms with Crippen LogP contribution in [0.2, 0.25) is 0 Å². The van der Waals surface area contributed by atoms with E-state index < -0.39 is 24.6 Å². The van der Waals surface area contributed by atoms with Gasteiger partial charge in [-0.25, -0.2) is 14.6 Å². The van der Waals surface area contributed by atoms with Crippen molar-refractivity contribution in [1.82, 2.24) is 10.3 Å². The molecule has 0 aliphatic heterocycles. The fourth-order valence-corrected chi connectivity index (χ4v) is 1.81. The van der Waals surface area contributed by atoms with E-state index in [0.29, 0.717) is 5.13 Å². The lowest BCUT2D eigenvalue weighted by molar-refractivity contribution is -0.140. The van der Waals surface area contributed by atoms with Gasteiger partial charge in [0.2, 0.25) is 0 Å². The number of amides is 2. The lowest BCUT2D eigenvalue weighted by Crippen LogP contribution is -2.45. The van der Waals surface area contributed by atoms with Gasteiger partial charge in [0.25, 0.3) is 0 Å². The third kappa shape index (κ3) is 3.68. The molecule has 0 bridgehead atoms. The molecule has 0 radical (unpaired) electrons. The highest BCUT2D eigenvalue weighted by Gasteiger charge is 2.19. The summed E-state index contributed by atoms with van der Waals surface area (Å²) in [6.07, 6.45) is 0. The number of carbonyl (C=O) groups excluding carboxylic acids is 1. The van der Waals surface area contributed by atoms with E-state index in [9.17, 15) is 9.59 Å². The number of carboxylic acid groups (broad SMARTS) is 1. The van der Waals surface area contributed by atoms with E-state index in [0.717, 1.165) is 10.6 Å². The van der Waals surface area contributed by atoms with E-state index in [1.54, 1.807) is 0 Å². The highest BCUT2D eigenvalue weighted by molar-refractivity contribution is 7.15. The lowest BCUT2D eigenvalue weighted by atomic mass is 10.3. The number of urea groups is 1. The molecule has 2 amide bonds. The summed E-state index contributed by atoms with van der Waals surface area (Å²) in [5.74, 6) is -1.30. The summed E-state index contributed by atoms with van der Waals surface area (Å²) in [4.78, 5) is 27.0. The minimum Gasteiger partial charge on any atom is -0.480 e. The number of anilines is 1. The summed E-state index contributed by atoms with van der Waals surface area (Å²) < 4.78 is 0. The standard InChI is InChI=1S/C9H13N3O4S/c1-4-5(2)17-9(10-4)12-8(16)11-6(3-13)7(14)15/h6,13H,3H2,1-2H3,(H,14,15)(H2,10,11,12,16). The van der Waals surface area contributed by atoms with Crippen molar-refractivity contribution in [3.8, 4) is 0 Å². The van der Waals surface area contributed by atoms with Crippen LogP contribution in [0.5, 0.6) is 0 Å². The fraction of sp³-hybridized carbons (Fsp3) is 0.444. The van der Waals surface area contributed by atoms with E-state index in [4.69, 9.17) is 10.2 Å². The van der Waals surface area contributed by atoms with Crippen molar-refractivity contribution in [2.24, 2.45) is 0 Å². The number of rotatable bonds is 4. The van der Waals surface area contributed by atoms with Crippen LogP contribution in [0.15, 0.2) is 0 Å². The zero-order valence-corrected chi connectivity index (χ0v) is 10.2. The number of carboxylic acids is 1. The van der Waals surface area contributed by atoms with E-state index in [2.05, 4.69) is 15.6 Å². The van der Waals surface area contributed by atoms with Crippen molar-refractivity contribution < 1.29 is 19.8 Å². The highest BCUT2D eigenvalue weighted by Crippen LogP contribution is 2.20. The van der Waals surface area contributed by atoms with Gasteiger partial charge in [-0.15, -0.1) is 11.3 Å². The molecule has 8 heteroatoms. The Balaban J connectivity index is 2.57. The van der Waals surface area contributed by atoms with Gasteiger partial charge in [-0.2, -0.15) is 0 Å². The Kier molecular flexibility index (Phi) is 4.41. The number of thiazole rings is 1. The second-order valence-electron chi connectivity index (χ2n) is 3.33. The maximum atomic E-state index is 11.4. The van der Waals surface area contributed by atoms with Crippen LogP contribution in [0.3, 0.4) is 0 Å². The normalized spacial score (nSPS) is 11.9. The number of hydrogen-bond donors (Lipinski definition) is 4. The SMILES string of the molecule is Cc1nc(NC(=O)NC(CO)C(=O)O)sc1C. The fourth-order valence-electron chi connectivity index (χ4n) is 1.00. The number of aliphatic hydroxyl groups excluding tert-OH is 1. The topological polar surface area (TPSA) is 112 Å². The van der Waals surface area contributed by atoms with E-state index in [-0.39, 0.29) is 0 Å². The molecule has 0 aromatic carbocycles. The molecule has 1 rings (SSSR count). The molecule has 1 unspecified atom stereocenters.